The third-order valence-corrected chi connectivity index (χ3v) is 3.36. The van der Waals surface area contributed by atoms with E-state index in [1.54, 1.807) is 29.1 Å². The summed E-state index contributed by atoms with van der Waals surface area (Å²) in [5, 5.41) is 14.7. The van der Waals surface area contributed by atoms with Crippen molar-refractivity contribution >= 4 is 0 Å². The molecule has 0 aliphatic rings. The number of hydrogen-bond donors (Lipinski definition) is 1. The van der Waals surface area contributed by atoms with E-state index in [2.05, 4.69) is 5.10 Å². The minimum absolute atomic E-state index is 0.275. The molecular weight excluding hydrogens is 267 g/mol. The van der Waals surface area contributed by atoms with E-state index in [9.17, 15) is 9.50 Å². The van der Waals surface area contributed by atoms with Crippen molar-refractivity contribution in [1.82, 2.24) is 9.78 Å². The first-order valence-corrected chi connectivity index (χ1v) is 6.76. The van der Waals surface area contributed by atoms with Gasteiger partial charge < -0.3 is 5.11 Å². The number of hydrogen-bond acceptors (Lipinski definition) is 2. The number of para-hydroxylation sites is 1. The molecule has 1 aromatic heterocycles. The van der Waals surface area contributed by atoms with Gasteiger partial charge in [-0.25, -0.2) is 9.07 Å². The Balaban J connectivity index is 1.84. The summed E-state index contributed by atoms with van der Waals surface area (Å²) in [6, 6.07) is 17.6. The minimum Gasteiger partial charge on any atom is -0.386 e. The van der Waals surface area contributed by atoms with Gasteiger partial charge in [0.1, 0.15) is 11.9 Å². The normalized spacial score (nSPS) is 12.3. The van der Waals surface area contributed by atoms with E-state index in [4.69, 9.17) is 0 Å². The monoisotopic (exact) mass is 282 g/mol. The maximum atomic E-state index is 12.9. The molecule has 106 valence electrons. The highest BCUT2D eigenvalue weighted by molar-refractivity contribution is 5.33. The van der Waals surface area contributed by atoms with Crippen LogP contribution in [-0.2, 0) is 6.42 Å². The Morgan fingerprint density at radius 1 is 1.00 bits per heavy atom. The van der Waals surface area contributed by atoms with Crippen molar-refractivity contribution in [3.8, 4) is 5.69 Å². The average molecular weight is 282 g/mol. The number of aromatic nitrogens is 2. The summed E-state index contributed by atoms with van der Waals surface area (Å²) in [5.74, 6) is -0.275. The van der Waals surface area contributed by atoms with E-state index in [1.807, 2.05) is 30.3 Å². The van der Waals surface area contributed by atoms with Crippen molar-refractivity contribution in [2.45, 2.75) is 12.5 Å². The number of aliphatic hydroxyl groups is 1. The zero-order chi connectivity index (χ0) is 14.7. The van der Waals surface area contributed by atoms with Crippen molar-refractivity contribution in [1.29, 1.82) is 0 Å². The van der Waals surface area contributed by atoms with Crippen molar-refractivity contribution < 1.29 is 9.50 Å². The van der Waals surface area contributed by atoms with Gasteiger partial charge in [-0.15, -0.1) is 0 Å². The first-order valence-electron chi connectivity index (χ1n) is 6.76. The van der Waals surface area contributed by atoms with Crippen LogP contribution in [0.3, 0.4) is 0 Å². The van der Waals surface area contributed by atoms with Gasteiger partial charge in [0.05, 0.1) is 11.4 Å². The molecule has 0 aliphatic carbocycles. The smallest absolute Gasteiger partial charge is 0.123 e. The molecule has 1 unspecified atom stereocenters. The molecule has 4 heteroatoms. The second-order valence-electron chi connectivity index (χ2n) is 4.85. The Hall–Kier alpha value is -2.46. The first-order chi connectivity index (χ1) is 10.2. The maximum absolute atomic E-state index is 12.9. The molecule has 0 radical (unpaired) electrons. The number of aliphatic hydroxyl groups excluding tert-OH is 1. The molecule has 1 heterocycles. The number of halogens is 1. The average Bonchev–Trinajstić information content (AvgIpc) is 3.00. The van der Waals surface area contributed by atoms with E-state index < -0.39 is 6.10 Å². The second-order valence-corrected chi connectivity index (χ2v) is 4.85. The summed E-state index contributed by atoms with van der Waals surface area (Å²) in [6.07, 6.45) is 1.38. The van der Waals surface area contributed by atoms with Crippen LogP contribution in [0.5, 0.6) is 0 Å². The van der Waals surface area contributed by atoms with Crippen molar-refractivity contribution in [3.63, 3.8) is 0 Å². The van der Waals surface area contributed by atoms with Crippen molar-refractivity contribution in [2.24, 2.45) is 0 Å². The summed E-state index contributed by atoms with van der Waals surface area (Å²) >= 11 is 0. The zero-order valence-electron chi connectivity index (χ0n) is 11.4. The van der Waals surface area contributed by atoms with Crippen LogP contribution in [0.1, 0.15) is 17.4 Å². The maximum Gasteiger partial charge on any atom is 0.123 e. The van der Waals surface area contributed by atoms with Crippen molar-refractivity contribution in [2.75, 3.05) is 0 Å². The lowest BCUT2D eigenvalue weighted by Crippen LogP contribution is -2.09. The van der Waals surface area contributed by atoms with Gasteiger partial charge >= 0.3 is 0 Å². The first kappa shape index (κ1) is 13.5. The van der Waals surface area contributed by atoms with Gasteiger partial charge in [-0.05, 0) is 35.9 Å². The SMILES string of the molecule is OC(Cc1ccc(F)cc1)c1ccnn1-c1ccccc1. The zero-order valence-corrected chi connectivity index (χ0v) is 11.4. The van der Waals surface area contributed by atoms with Crippen LogP contribution in [0.2, 0.25) is 0 Å². The Morgan fingerprint density at radius 3 is 2.43 bits per heavy atom. The van der Waals surface area contributed by atoms with Crippen LogP contribution in [0.25, 0.3) is 5.69 Å². The summed E-state index contributed by atoms with van der Waals surface area (Å²) in [5.41, 5.74) is 2.49. The highest BCUT2D eigenvalue weighted by Gasteiger charge is 2.15. The quantitative estimate of drug-likeness (QED) is 0.797. The summed E-state index contributed by atoms with van der Waals surface area (Å²) in [4.78, 5) is 0. The van der Waals surface area contributed by atoms with Gasteiger partial charge in [0.15, 0.2) is 0 Å². The molecule has 0 bridgehead atoms. The molecule has 3 rings (SSSR count). The third-order valence-electron chi connectivity index (χ3n) is 3.36. The van der Waals surface area contributed by atoms with Crippen LogP contribution < -0.4 is 0 Å². The Labute approximate surface area is 122 Å². The Morgan fingerprint density at radius 2 is 1.71 bits per heavy atom. The molecule has 3 aromatic rings. The molecule has 1 atom stereocenters. The van der Waals surface area contributed by atoms with Gasteiger partial charge in [-0.3, -0.25) is 0 Å². The van der Waals surface area contributed by atoms with Crippen LogP contribution in [0.15, 0.2) is 66.9 Å². The second kappa shape index (κ2) is 5.89. The molecule has 0 saturated heterocycles. The minimum atomic E-state index is -0.696. The summed E-state index contributed by atoms with van der Waals surface area (Å²) < 4.78 is 14.6. The van der Waals surface area contributed by atoms with E-state index in [0.717, 1.165) is 11.3 Å². The Kier molecular flexibility index (Phi) is 3.79. The van der Waals surface area contributed by atoms with E-state index in [-0.39, 0.29) is 5.82 Å². The standard InChI is InChI=1S/C17H15FN2O/c18-14-8-6-13(7-9-14)12-17(21)16-10-11-19-20(16)15-4-2-1-3-5-15/h1-11,17,21H,12H2. The molecule has 0 saturated carbocycles. The lowest BCUT2D eigenvalue weighted by molar-refractivity contribution is 0.170. The molecule has 0 aliphatic heterocycles. The largest absolute Gasteiger partial charge is 0.386 e. The fourth-order valence-corrected chi connectivity index (χ4v) is 2.30. The van der Waals surface area contributed by atoms with E-state index in [1.165, 1.54) is 12.1 Å². The number of benzene rings is 2. The fourth-order valence-electron chi connectivity index (χ4n) is 2.30. The van der Waals surface area contributed by atoms with Gasteiger partial charge in [0.2, 0.25) is 0 Å². The summed E-state index contributed by atoms with van der Waals surface area (Å²) in [7, 11) is 0. The topological polar surface area (TPSA) is 38.1 Å². The molecule has 1 N–H and O–H groups in total. The molecular formula is C17H15FN2O. The lowest BCUT2D eigenvalue weighted by Gasteiger charge is -2.13. The van der Waals surface area contributed by atoms with Crippen LogP contribution in [-0.4, -0.2) is 14.9 Å². The molecule has 0 fully saturated rings. The summed E-state index contributed by atoms with van der Waals surface area (Å²) in [6.45, 7) is 0. The predicted octanol–water partition coefficient (Wildman–Crippen LogP) is 3.29. The molecule has 2 aromatic carbocycles. The molecule has 21 heavy (non-hydrogen) atoms. The highest BCUT2D eigenvalue weighted by atomic mass is 19.1. The van der Waals surface area contributed by atoms with Gasteiger partial charge in [0.25, 0.3) is 0 Å². The van der Waals surface area contributed by atoms with E-state index in [0.29, 0.717) is 12.1 Å². The molecule has 0 amide bonds. The lowest BCUT2D eigenvalue weighted by atomic mass is 10.1. The molecule has 0 spiro atoms. The Bertz CT molecular complexity index is 707. The highest BCUT2D eigenvalue weighted by Crippen LogP contribution is 2.21. The van der Waals surface area contributed by atoms with E-state index >= 15 is 0 Å². The molecule has 3 nitrogen and oxygen atoms in total. The third kappa shape index (κ3) is 3.01. The van der Waals surface area contributed by atoms with Gasteiger partial charge in [-0.1, -0.05) is 30.3 Å². The van der Waals surface area contributed by atoms with Crippen LogP contribution in [0, 0.1) is 5.82 Å². The van der Waals surface area contributed by atoms with Crippen molar-refractivity contribution in [3.05, 3.63) is 83.9 Å². The van der Waals surface area contributed by atoms with Crippen LogP contribution >= 0.6 is 0 Å². The predicted molar refractivity (Wildman–Crippen MR) is 78.6 cm³/mol. The number of nitrogens with zero attached hydrogens (tertiary/aromatic N) is 2. The van der Waals surface area contributed by atoms with Gasteiger partial charge in [-0.2, -0.15) is 5.10 Å². The van der Waals surface area contributed by atoms with Gasteiger partial charge in [0, 0.05) is 12.6 Å². The number of rotatable bonds is 4. The fraction of sp³-hybridized carbons (Fsp3) is 0.118. The van der Waals surface area contributed by atoms with Crippen LogP contribution in [0.4, 0.5) is 4.39 Å².